The van der Waals surface area contributed by atoms with Gasteiger partial charge in [-0.2, -0.15) is 0 Å². The van der Waals surface area contributed by atoms with Gasteiger partial charge in [-0.25, -0.2) is 0 Å². The molecule has 5 nitrogen and oxygen atoms in total. The number of carbonyl (C=O) groups excluding carboxylic acids is 2. The highest BCUT2D eigenvalue weighted by atomic mass is 35.5. The van der Waals surface area contributed by atoms with Gasteiger partial charge in [0, 0.05) is 10.0 Å². The highest BCUT2D eigenvalue weighted by molar-refractivity contribution is 8.18. The second-order valence-corrected chi connectivity index (χ2v) is 7.85. The average Bonchev–Trinajstić information content (AvgIpc) is 2.96. The van der Waals surface area contributed by atoms with Gasteiger partial charge in [0.2, 0.25) is 0 Å². The molecular formula is C21H17Cl2NO4S. The van der Waals surface area contributed by atoms with Crippen LogP contribution in [0.2, 0.25) is 10.0 Å². The van der Waals surface area contributed by atoms with Crippen LogP contribution in [0.3, 0.4) is 0 Å². The third-order valence-electron chi connectivity index (χ3n) is 4.06. The number of imide groups is 1. The molecule has 0 saturated carbocycles. The minimum atomic E-state index is -0.378. The van der Waals surface area contributed by atoms with Crippen LogP contribution in [0.5, 0.6) is 11.5 Å². The fourth-order valence-electron chi connectivity index (χ4n) is 2.65. The SMILES string of the molecule is C=CCOc1ccc(/C=C2\SC(=O)N(Cc3ccc(Cl)cc3Cl)C2=O)cc1OC. The van der Waals surface area contributed by atoms with Gasteiger partial charge in [0.05, 0.1) is 18.6 Å². The number of nitrogens with zero attached hydrogens (tertiary/aromatic N) is 1. The molecule has 1 aliphatic heterocycles. The molecule has 0 aliphatic carbocycles. The van der Waals surface area contributed by atoms with E-state index in [2.05, 4.69) is 6.58 Å². The van der Waals surface area contributed by atoms with E-state index in [1.165, 1.54) is 7.11 Å². The molecule has 2 aromatic carbocycles. The van der Waals surface area contributed by atoms with Crippen LogP contribution in [-0.2, 0) is 11.3 Å². The van der Waals surface area contributed by atoms with Crippen LogP contribution in [0.4, 0.5) is 4.79 Å². The number of thioether (sulfide) groups is 1. The maximum absolute atomic E-state index is 12.7. The minimum Gasteiger partial charge on any atom is -0.493 e. The van der Waals surface area contributed by atoms with Crippen LogP contribution in [0.25, 0.3) is 6.08 Å². The van der Waals surface area contributed by atoms with Gasteiger partial charge in [0.1, 0.15) is 6.61 Å². The molecule has 1 fully saturated rings. The largest absolute Gasteiger partial charge is 0.493 e. The highest BCUT2D eigenvalue weighted by Gasteiger charge is 2.35. The Morgan fingerprint density at radius 1 is 1.14 bits per heavy atom. The molecule has 150 valence electrons. The summed E-state index contributed by atoms with van der Waals surface area (Å²) >= 11 is 12.9. The predicted octanol–water partition coefficient (Wildman–Crippen LogP) is 5.80. The number of hydrogen-bond acceptors (Lipinski definition) is 5. The summed E-state index contributed by atoms with van der Waals surface area (Å²) in [5, 5.41) is 0.535. The van der Waals surface area contributed by atoms with Crippen molar-refractivity contribution in [2.75, 3.05) is 13.7 Å². The van der Waals surface area contributed by atoms with Crippen molar-refractivity contribution in [2.45, 2.75) is 6.54 Å². The number of halogens is 2. The smallest absolute Gasteiger partial charge is 0.293 e. The molecule has 0 bridgehead atoms. The number of hydrogen-bond donors (Lipinski definition) is 0. The molecule has 29 heavy (non-hydrogen) atoms. The Labute approximate surface area is 182 Å². The Hall–Kier alpha value is -2.41. The van der Waals surface area contributed by atoms with E-state index in [-0.39, 0.29) is 17.7 Å². The summed E-state index contributed by atoms with van der Waals surface area (Å²) in [5.41, 5.74) is 1.35. The Bertz CT molecular complexity index is 1010. The lowest BCUT2D eigenvalue weighted by atomic mass is 10.1. The van der Waals surface area contributed by atoms with Gasteiger partial charge >= 0.3 is 0 Å². The number of rotatable bonds is 7. The summed E-state index contributed by atoms with van der Waals surface area (Å²) in [7, 11) is 1.53. The van der Waals surface area contributed by atoms with Crippen molar-refractivity contribution in [1.29, 1.82) is 0 Å². The molecule has 2 amide bonds. The quantitative estimate of drug-likeness (QED) is 0.394. The van der Waals surface area contributed by atoms with Crippen LogP contribution in [0, 0.1) is 0 Å². The minimum absolute atomic E-state index is 0.0790. The summed E-state index contributed by atoms with van der Waals surface area (Å²) in [6.07, 6.45) is 3.28. The van der Waals surface area contributed by atoms with Gasteiger partial charge in [-0.15, -0.1) is 0 Å². The maximum atomic E-state index is 12.7. The fourth-order valence-corrected chi connectivity index (χ4v) is 3.96. The topological polar surface area (TPSA) is 55.8 Å². The molecule has 0 spiro atoms. The van der Waals surface area contributed by atoms with Crippen molar-refractivity contribution < 1.29 is 19.1 Å². The Kier molecular flexibility index (Phi) is 6.90. The van der Waals surface area contributed by atoms with Crippen LogP contribution in [0.1, 0.15) is 11.1 Å². The lowest BCUT2D eigenvalue weighted by molar-refractivity contribution is -0.123. The van der Waals surface area contributed by atoms with Crippen molar-refractivity contribution in [3.63, 3.8) is 0 Å². The summed E-state index contributed by atoms with van der Waals surface area (Å²) in [6, 6.07) is 10.2. The van der Waals surface area contributed by atoms with E-state index in [0.717, 1.165) is 16.7 Å². The van der Waals surface area contributed by atoms with Gasteiger partial charge in [-0.1, -0.05) is 48.0 Å². The van der Waals surface area contributed by atoms with Crippen molar-refractivity contribution >= 4 is 52.2 Å². The molecule has 2 aromatic rings. The Morgan fingerprint density at radius 2 is 1.93 bits per heavy atom. The molecule has 1 heterocycles. The highest BCUT2D eigenvalue weighted by Crippen LogP contribution is 2.36. The lowest BCUT2D eigenvalue weighted by Gasteiger charge is -2.13. The van der Waals surface area contributed by atoms with Crippen molar-refractivity contribution in [2.24, 2.45) is 0 Å². The van der Waals surface area contributed by atoms with Crippen molar-refractivity contribution in [1.82, 2.24) is 4.90 Å². The first-order chi connectivity index (χ1) is 13.9. The average molecular weight is 450 g/mol. The molecule has 0 radical (unpaired) electrons. The van der Waals surface area contributed by atoms with E-state index < -0.39 is 0 Å². The maximum Gasteiger partial charge on any atom is 0.293 e. The zero-order valence-electron chi connectivity index (χ0n) is 15.5. The number of carbonyl (C=O) groups is 2. The van der Waals surface area contributed by atoms with Crippen molar-refractivity contribution in [3.05, 3.63) is 75.1 Å². The Morgan fingerprint density at radius 3 is 2.62 bits per heavy atom. The number of benzene rings is 2. The summed E-state index contributed by atoms with van der Waals surface area (Å²) in [6.45, 7) is 4.04. The van der Waals surface area contributed by atoms with Gasteiger partial charge in [-0.05, 0) is 53.2 Å². The molecule has 0 N–H and O–H groups in total. The molecule has 3 rings (SSSR count). The molecular weight excluding hydrogens is 433 g/mol. The monoisotopic (exact) mass is 449 g/mol. The van der Waals surface area contributed by atoms with Crippen LogP contribution in [0.15, 0.2) is 54.0 Å². The summed E-state index contributed by atoms with van der Waals surface area (Å²) in [5.74, 6) is 0.708. The number of ether oxygens (including phenoxy) is 2. The third kappa shape index (κ3) is 4.96. The van der Waals surface area contributed by atoms with E-state index >= 15 is 0 Å². The van der Waals surface area contributed by atoms with E-state index in [1.54, 1.807) is 48.6 Å². The van der Waals surface area contributed by atoms with Gasteiger partial charge in [0.25, 0.3) is 11.1 Å². The molecule has 8 heteroatoms. The van der Waals surface area contributed by atoms with Crippen LogP contribution in [-0.4, -0.2) is 29.8 Å². The third-order valence-corrected chi connectivity index (χ3v) is 5.55. The lowest BCUT2D eigenvalue weighted by Crippen LogP contribution is -2.27. The van der Waals surface area contributed by atoms with E-state index in [1.807, 2.05) is 0 Å². The van der Waals surface area contributed by atoms with E-state index in [4.69, 9.17) is 32.7 Å². The standard InChI is InChI=1S/C21H17Cl2NO4S/c1-3-8-28-17-7-4-13(9-18(17)27-2)10-19-20(25)24(21(26)29-19)12-14-5-6-15(22)11-16(14)23/h3-7,9-11H,1,8,12H2,2H3/b19-10-. The second kappa shape index (κ2) is 9.39. The first-order valence-electron chi connectivity index (χ1n) is 8.54. The first-order valence-corrected chi connectivity index (χ1v) is 10.1. The van der Waals surface area contributed by atoms with Gasteiger partial charge in [0.15, 0.2) is 11.5 Å². The van der Waals surface area contributed by atoms with E-state index in [9.17, 15) is 9.59 Å². The predicted molar refractivity (Wildman–Crippen MR) is 117 cm³/mol. The molecule has 1 saturated heterocycles. The second-order valence-electron chi connectivity index (χ2n) is 6.01. The van der Waals surface area contributed by atoms with Gasteiger partial charge < -0.3 is 9.47 Å². The summed E-state index contributed by atoms with van der Waals surface area (Å²) in [4.78, 5) is 26.6. The molecule has 0 atom stereocenters. The van der Waals surface area contributed by atoms with Crippen molar-refractivity contribution in [3.8, 4) is 11.5 Å². The normalized spacial score (nSPS) is 15.1. The van der Waals surface area contributed by atoms with Crippen LogP contribution >= 0.6 is 35.0 Å². The molecule has 1 aliphatic rings. The van der Waals surface area contributed by atoms with Crippen LogP contribution < -0.4 is 9.47 Å². The zero-order chi connectivity index (χ0) is 21.0. The molecule has 0 unspecified atom stereocenters. The fraction of sp³-hybridized carbons (Fsp3) is 0.143. The summed E-state index contributed by atoms with van der Waals surface area (Å²) < 4.78 is 10.9. The zero-order valence-corrected chi connectivity index (χ0v) is 17.8. The Balaban J connectivity index is 1.81. The van der Waals surface area contributed by atoms with Gasteiger partial charge in [-0.3, -0.25) is 14.5 Å². The molecule has 0 aromatic heterocycles. The number of amides is 2. The van der Waals surface area contributed by atoms with E-state index in [0.29, 0.717) is 44.2 Å². The number of methoxy groups -OCH3 is 1. The first kappa shape index (κ1) is 21.3.